The third-order valence-electron chi connectivity index (χ3n) is 5.28. The summed E-state index contributed by atoms with van der Waals surface area (Å²) < 4.78 is 0. The van der Waals surface area contributed by atoms with E-state index in [1.54, 1.807) is 29.8 Å². The van der Waals surface area contributed by atoms with E-state index in [0.717, 1.165) is 44.4 Å². The molecule has 0 amide bonds. The molecule has 7 nitrogen and oxygen atoms in total. The summed E-state index contributed by atoms with van der Waals surface area (Å²) in [6.45, 7) is 2.10. The molecule has 31 heavy (non-hydrogen) atoms. The number of hydrogen-bond donors (Lipinski definition) is 3. The number of aryl methyl sites for hydroxylation is 1. The quantitative estimate of drug-likeness (QED) is 0.357. The van der Waals surface area contributed by atoms with Gasteiger partial charge in [-0.2, -0.15) is 5.10 Å². The monoisotopic (exact) mass is 424 g/mol. The van der Waals surface area contributed by atoms with Gasteiger partial charge in [-0.3, -0.25) is 15.1 Å². The van der Waals surface area contributed by atoms with Crippen molar-refractivity contribution in [2.45, 2.75) is 6.92 Å². The van der Waals surface area contributed by atoms with Gasteiger partial charge in [-0.1, -0.05) is 0 Å². The molecule has 0 atom stereocenters. The average molecular weight is 424 g/mol. The highest BCUT2D eigenvalue weighted by Gasteiger charge is 2.16. The van der Waals surface area contributed by atoms with Gasteiger partial charge in [0.25, 0.3) is 0 Å². The molecule has 0 aromatic carbocycles. The summed E-state index contributed by atoms with van der Waals surface area (Å²) in [5, 5.41) is 19.3. The van der Waals surface area contributed by atoms with Gasteiger partial charge in [-0.25, -0.2) is 4.98 Å². The van der Waals surface area contributed by atoms with E-state index in [2.05, 4.69) is 55.3 Å². The first-order valence-corrected chi connectivity index (χ1v) is 10.5. The highest BCUT2D eigenvalue weighted by Crippen LogP contribution is 2.36. The summed E-state index contributed by atoms with van der Waals surface area (Å²) in [5.74, 6) is 0.115. The number of pyridine rings is 3. The largest absolute Gasteiger partial charge is 0.506 e. The minimum atomic E-state index is 0.115. The van der Waals surface area contributed by atoms with Crippen molar-refractivity contribution in [3.05, 3.63) is 66.2 Å². The van der Waals surface area contributed by atoms with Crippen molar-refractivity contribution in [2.75, 3.05) is 0 Å². The van der Waals surface area contributed by atoms with Gasteiger partial charge < -0.3 is 10.1 Å². The number of aromatic hydroxyl groups is 1. The zero-order chi connectivity index (χ0) is 20.9. The molecule has 150 valence electrons. The Balaban J connectivity index is 1.51. The fraction of sp³-hybridized carbons (Fsp3) is 0.0435. The van der Waals surface area contributed by atoms with Crippen LogP contribution in [0.2, 0.25) is 0 Å². The van der Waals surface area contributed by atoms with Crippen LogP contribution in [0.4, 0.5) is 0 Å². The van der Waals surface area contributed by atoms with Gasteiger partial charge in [0.1, 0.15) is 11.4 Å². The van der Waals surface area contributed by atoms with Crippen molar-refractivity contribution < 1.29 is 5.11 Å². The molecule has 0 saturated heterocycles. The van der Waals surface area contributed by atoms with Crippen LogP contribution in [0.5, 0.6) is 5.75 Å². The fourth-order valence-corrected chi connectivity index (χ4v) is 4.70. The number of fused-ring (bicyclic) bond motifs is 2. The maximum atomic E-state index is 9.77. The van der Waals surface area contributed by atoms with Crippen LogP contribution < -0.4 is 0 Å². The van der Waals surface area contributed by atoms with Crippen LogP contribution in [0.1, 0.15) is 4.88 Å². The van der Waals surface area contributed by atoms with Gasteiger partial charge in [0, 0.05) is 55.8 Å². The van der Waals surface area contributed by atoms with E-state index in [1.807, 2.05) is 18.5 Å². The lowest BCUT2D eigenvalue weighted by atomic mass is 10.1. The summed E-state index contributed by atoms with van der Waals surface area (Å²) in [7, 11) is 0. The number of aromatic amines is 2. The molecule has 0 aliphatic heterocycles. The first-order valence-electron chi connectivity index (χ1n) is 9.68. The van der Waals surface area contributed by atoms with Crippen molar-refractivity contribution in [3.63, 3.8) is 0 Å². The van der Waals surface area contributed by atoms with E-state index >= 15 is 0 Å². The van der Waals surface area contributed by atoms with E-state index in [1.165, 1.54) is 16.0 Å². The SMILES string of the molecule is Cc1ccc(-c2cncc3[nH]c(-c4n[nH]c5ncc(-c6cncc(O)c6)cc45)cc23)s1. The lowest BCUT2D eigenvalue weighted by molar-refractivity contribution is 0.473. The lowest BCUT2D eigenvalue weighted by Gasteiger charge is -2.02. The van der Waals surface area contributed by atoms with Crippen LogP contribution in [0.3, 0.4) is 0 Å². The highest BCUT2D eigenvalue weighted by molar-refractivity contribution is 7.15. The van der Waals surface area contributed by atoms with Gasteiger partial charge in [0.15, 0.2) is 5.65 Å². The molecule has 0 spiro atoms. The van der Waals surface area contributed by atoms with Crippen molar-refractivity contribution in [1.82, 2.24) is 30.1 Å². The van der Waals surface area contributed by atoms with E-state index < -0.39 is 0 Å². The van der Waals surface area contributed by atoms with Crippen LogP contribution in [-0.4, -0.2) is 35.2 Å². The topological polar surface area (TPSA) is 103 Å². The summed E-state index contributed by atoms with van der Waals surface area (Å²) in [4.78, 5) is 18.9. The van der Waals surface area contributed by atoms with Crippen LogP contribution >= 0.6 is 11.3 Å². The molecule has 6 rings (SSSR count). The summed E-state index contributed by atoms with van der Waals surface area (Å²) in [6, 6.07) is 10.0. The minimum absolute atomic E-state index is 0.115. The van der Waals surface area contributed by atoms with Gasteiger partial charge in [0.05, 0.1) is 23.6 Å². The maximum absolute atomic E-state index is 9.77. The molecule has 0 aliphatic rings. The van der Waals surface area contributed by atoms with Crippen molar-refractivity contribution in [2.24, 2.45) is 0 Å². The Kier molecular flexibility index (Phi) is 3.87. The van der Waals surface area contributed by atoms with Crippen molar-refractivity contribution >= 4 is 33.3 Å². The van der Waals surface area contributed by atoms with Crippen LogP contribution in [0.25, 0.3) is 54.9 Å². The third-order valence-corrected chi connectivity index (χ3v) is 6.31. The molecule has 0 fully saturated rings. The second-order valence-corrected chi connectivity index (χ2v) is 8.65. The van der Waals surface area contributed by atoms with Crippen molar-refractivity contribution in [3.8, 4) is 38.7 Å². The lowest BCUT2D eigenvalue weighted by Crippen LogP contribution is -1.84. The van der Waals surface area contributed by atoms with Gasteiger partial charge in [-0.15, -0.1) is 11.3 Å². The minimum Gasteiger partial charge on any atom is -0.506 e. The van der Waals surface area contributed by atoms with Gasteiger partial charge in [-0.05, 0) is 37.3 Å². The average Bonchev–Trinajstić information content (AvgIpc) is 3.50. The Morgan fingerprint density at radius 1 is 0.903 bits per heavy atom. The molecule has 8 heteroatoms. The maximum Gasteiger partial charge on any atom is 0.155 e. The molecule has 0 radical (unpaired) electrons. The summed E-state index contributed by atoms with van der Waals surface area (Å²) >= 11 is 1.75. The van der Waals surface area contributed by atoms with E-state index in [4.69, 9.17) is 0 Å². The molecule has 3 N–H and O–H groups in total. The molecule has 6 aromatic rings. The molecule has 0 bridgehead atoms. The standard InChI is InChI=1S/C23H16N6OS/c1-12-2-3-21(31-12)18-10-25-11-20-16(18)6-19(27-20)22-17-5-14(8-26-23(17)29-28-22)13-4-15(30)9-24-7-13/h2-11,27,30H,1H3,(H,26,28,29). The number of rotatable bonds is 3. The first kappa shape index (κ1) is 17.8. The van der Waals surface area contributed by atoms with Crippen LogP contribution in [0, 0.1) is 6.92 Å². The normalized spacial score (nSPS) is 11.5. The first-order chi connectivity index (χ1) is 15.2. The second kappa shape index (κ2) is 6.75. The smallest absolute Gasteiger partial charge is 0.155 e. The van der Waals surface area contributed by atoms with E-state index in [9.17, 15) is 5.11 Å². The second-order valence-electron chi connectivity index (χ2n) is 7.37. The Morgan fingerprint density at radius 2 is 1.77 bits per heavy atom. The van der Waals surface area contributed by atoms with Crippen molar-refractivity contribution in [1.29, 1.82) is 0 Å². The Morgan fingerprint density at radius 3 is 2.61 bits per heavy atom. The number of nitrogens with zero attached hydrogens (tertiary/aromatic N) is 4. The molecular formula is C23H16N6OS. The Labute approximate surface area is 180 Å². The van der Waals surface area contributed by atoms with Crippen LogP contribution in [-0.2, 0) is 0 Å². The predicted molar refractivity (Wildman–Crippen MR) is 122 cm³/mol. The Hall–Kier alpha value is -4.04. The molecule has 6 aromatic heterocycles. The van der Waals surface area contributed by atoms with Gasteiger partial charge in [0.2, 0.25) is 0 Å². The molecule has 0 saturated carbocycles. The fourth-order valence-electron chi connectivity index (χ4n) is 3.81. The molecule has 0 unspecified atom stereocenters. The number of H-pyrrole nitrogens is 2. The number of aromatic nitrogens is 6. The highest BCUT2D eigenvalue weighted by atomic mass is 32.1. The number of thiophene rings is 1. The molecule has 0 aliphatic carbocycles. The molecular weight excluding hydrogens is 408 g/mol. The van der Waals surface area contributed by atoms with E-state index in [-0.39, 0.29) is 5.75 Å². The van der Waals surface area contributed by atoms with Crippen LogP contribution in [0.15, 0.2) is 61.3 Å². The Bertz CT molecular complexity index is 1580. The zero-order valence-corrected chi connectivity index (χ0v) is 17.2. The zero-order valence-electron chi connectivity index (χ0n) is 16.4. The predicted octanol–water partition coefficient (Wildman–Crippen LogP) is 5.31. The molecule has 6 heterocycles. The van der Waals surface area contributed by atoms with Gasteiger partial charge >= 0.3 is 0 Å². The van der Waals surface area contributed by atoms with E-state index in [0.29, 0.717) is 5.65 Å². The number of nitrogens with one attached hydrogen (secondary N) is 2. The number of hydrogen-bond acceptors (Lipinski definition) is 6. The summed E-state index contributed by atoms with van der Waals surface area (Å²) in [6.07, 6.45) is 8.59. The summed E-state index contributed by atoms with van der Waals surface area (Å²) in [5.41, 5.74) is 6.05. The third kappa shape index (κ3) is 2.96.